The summed E-state index contributed by atoms with van der Waals surface area (Å²) in [5, 5.41) is 1.00. The number of furan rings is 1. The first-order valence-corrected chi connectivity index (χ1v) is 18.3. The molecular formula is C44H52F3O2. The van der Waals surface area contributed by atoms with Gasteiger partial charge in [0, 0.05) is 35.8 Å². The van der Waals surface area contributed by atoms with Gasteiger partial charge in [0.2, 0.25) is 0 Å². The molecular weight excluding hydrogens is 617 g/mol. The summed E-state index contributed by atoms with van der Waals surface area (Å²) in [5.41, 5.74) is 7.02. The van der Waals surface area contributed by atoms with Gasteiger partial charge in [-0.3, -0.25) is 4.79 Å². The zero-order valence-corrected chi connectivity index (χ0v) is 29.9. The van der Waals surface area contributed by atoms with Crippen LogP contribution in [0.3, 0.4) is 0 Å². The van der Waals surface area contributed by atoms with Gasteiger partial charge in [-0.25, -0.2) is 13.2 Å². The van der Waals surface area contributed by atoms with Crippen LogP contribution in [0.1, 0.15) is 130 Å². The summed E-state index contributed by atoms with van der Waals surface area (Å²) in [6.45, 7) is 9.31. The number of hydrogen-bond acceptors (Lipinski definition) is 2. The molecule has 261 valence electrons. The third kappa shape index (κ3) is 9.55. The second-order valence-electron chi connectivity index (χ2n) is 14.7. The molecule has 6 rings (SSSR count). The van der Waals surface area contributed by atoms with Crippen LogP contribution >= 0.6 is 0 Å². The minimum absolute atomic E-state index is 0.0363. The molecule has 4 aromatic rings. The predicted octanol–water partition coefficient (Wildman–Crippen LogP) is 13.2. The van der Waals surface area contributed by atoms with E-state index in [0.717, 1.165) is 73.1 Å². The maximum atomic E-state index is 13.4. The lowest BCUT2D eigenvalue weighted by Gasteiger charge is -2.33. The highest BCUT2D eigenvalue weighted by atomic mass is 19.3. The average molecular weight is 670 g/mol. The number of ketones is 1. The van der Waals surface area contributed by atoms with Gasteiger partial charge in [-0.05, 0) is 104 Å². The molecule has 0 N–H and O–H groups in total. The Morgan fingerprint density at radius 1 is 0.918 bits per heavy atom. The van der Waals surface area contributed by atoms with Gasteiger partial charge in [0.1, 0.15) is 11.4 Å². The molecule has 2 aliphatic rings. The van der Waals surface area contributed by atoms with E-state index in [4.69, 9.17) is 4.42 Å². The van der Waals surface area contributed by atoms with Crippen LogP contribution in [0.5, 0.6) is 0 Å². The minimum Gasteiger partial charge on any atom is -0.453 e. The number of Topliss-reactive ketones (excluding diaryl/α,β-unsaturated/α-hetero) is 1. The van der Waals surface area contributed by atoms with Crippen LogP contribution in [-0.2, 0) is 18.8 Å². The van der Waals surface area contributed by atoms with E-state index < -0.39 is 5.92 Å². The third-order valence-corrected chi connectivity index (χ3v) is 10.5. The number of halogens is 3. The lowest BCUT2D eigenvalue weighted by molar-refractivity contribution is 0.0174. The summed E-state index contributed by atoms with van der Waals surface area (Å²) in [6.07, 6.45) is 15.8. The SMILES string of the molecule is CC1(Cc2ccc(F)cc2)CCCCC1.CCCC(CCCc1ccc(C(C)(F)F)cc1)[C]1C=C1c1ccc2c(C)c(C(=O)CC)oc2c1. The van der Waals surface area contributed by atoms with Crippen molar-refractivity contribution in [3.8, 4) is 0 Å². The fourth-order valence-corrected chi connectivity index (χ4v) is 7.52. The van der Waals surface area contributed by atoms with Crippen molar-refractivity contribution in [2.75, 3.05) is 0 Å². The second kappa shape index (κ2) is 16.0. The van der Waals surface area contributed by atoms with E-state index in [1.807, 2.05) is 38.1 Å². The molecule has 1 saturated carbocycles. The smallest absolute Gasteiger partial charge is 0.270 e. The largest absolute Gasteiger partial charge is 0.453 e. The quantitative estimate of drug-likeness (QED) is 0.133. The van der Waals surface area contributed by atoms with Gasteiger partial charge >= 0.3 is 0 Å². The van der Waals surface area contributed by atoms with Crippen LogP contribution in [0.15, 0.2) is 77.2 Å². The number of rotatable bonds is 13. The highest BCUT2D eigenvalue weighted by molar-refractivity contribution is 6.02. The Bertz CT molecular complexity index is 1720. The Hall–Kier alpha value is -3.60. The molecule has 1 aromatic heterocycles. The van der Waals surface area contributed by atoms with Crippen molar-refractivity contribution >= 4 is 22.3 Å². The lowest BCUT2D eigenvalue weighted by atomic mass is 9.72. The fraction of sp³-hybridized carbons (Fsp3) is 0.455. The van der Waals surface area contributed by atoms with Gasteiger partial charge < -0.3 is 4.42 Å². The van der Waals surface area contributed by atoms with E-state index in [2.05, 4.69) is 38.1 Å². The van der Waals surface area contributed by atoms with Crippen molar-refractivity contribution in [2.24, 2.45) is 11.3 Å². The van der Waals surface area contributed by atoms with E-state index in [0.29, 0.717) is 23.5 Å². The number of carbonyl (C=O) groups excluding carboxylic acids is 1. The molecule has 0 bridgehead atoms. The van der Waals surface area contributed by atoms with E-state index in [9.17, 15) is 18.0 Å². The summed E-state index contributed by atoms with van der Waals surface area (Å²) < 4.78 is 45.5. The topological polar surface area (TPSA) is 30.2 Å². The van der Waals surface area contributed by atoms with E-state index >= 15 is 0 Å². The monoisotopic (exact) mass is 669 g/mol. The number of fused-ring (bicyclic) bond motifs is 1. The van der Waals surface area contributed by atoms with Gasteiger partial charge in [-0.2, -0.15) is 0 Å². The maximum Gasteiger partial charge on any atom is 0.270 e. The Kier molecular flexibility index (Phi) is 11.9. The van der Waals surface area contributed by atoms with Crippen LogP contribution in [0.25, 0.3) is 16.5 Å². The molecule has 1 radical (unpaired) electrons. The van der Waals surface area contributed by atoms with Crippen LogP contribution in [0, 0.1) is 30.0 Å². The standard InChI is InChI=1S/C30H33F2O2.C14H19F/c1-5-8-21(10-7-9-20-11-14-23(15-12-20)30(4,31)32)25-18-26(25)22-13-16-24-19(3)29(27(33)6-2)34-28(24)17-22;1-14(9-3-2-4-10-14)11-12-5-7-13(15)8-6-12/h11-18,21H,5-10H2,1-4H3;5-8H,2-4,9-11H2,1H3. The van der Waals surface area contributed by atoms with Crippen LogP contribution in [-0.4, -0.2) is 5.78 Å². The number of allylic oxidation sites excluding steroid dienone is 2. The van der Waals surface area contributed by atoms with Crippen molar-refractivity contribution in [1.29, 1.82) is 0 Å². The predicted molar refractivity (Wildman–Crippen MR) is 195 cm³/mol. The summed E-state index contributed by atoms with van der Waals surface area (Å²) in [5.74, 6) is -0.495. The lowest BCUT2D eigenvalue weighted by Crippen LogP contribution is -2.22. The molecule has 0 amide bonds. The van der Waals surface area contributed by atoms with Crippen molar-refractivity contribution < 1.29 is 22.4 Å². The van der Waals surface area contributed by atoms with E-state index in [1.165, 1.54) is 49.2 Å². The van der Waals surface area contributed by atoms with Crippen molar-refractivity contribution in [3.05, 3.63) is 118 Å². The van der Waals surface area contributed by atoms with E-state index in [-0.39, 0.29) is 17.2 Å². The number of benzene rings is 3. The summed E-state index contributed by atoms with van der Waals surface area (Å²) in [7, 11) is 0. The molecule has 0 spiro atoms. The van der Waals surface area contributed by atoms with E-state index in [1.54, 1.807) is 24.3 Å². The minimum atomic E-state index is -2.79. The van der Waals surface area contributed by atoms with Gasteiger partial charge in [0.05, 0.1) is 0 Å². The van der Waals surface area contributed by atoms with Gasteiger partial charge in [0.15, 0.2) is 11.5 Å². The first-order valence-electron chi connectivity index (χ1n) is 18.3. The summed E-state index contributed by atoms with van der Waals surface area (Å²) in [6, 6.07) is 20.0. The molecule has 1 unspecified atom stereocenters. The zero-order chi connectivity index (χ0) is 35.2. The Labute approximate surface area is 291 Å². The molecule has 2 nitrogen and oxygen atoms in total. The number of aryl methyl sites for hydroxylation is 2. The van der Waals surface area contributed by atoms with Gasteiger partial charge in [-0.1, -0.05) is 101 Å². The first-order chi connectivity index (χ1) is 23.4. The van der Waals surface area contributed by atoms with Crippen LogP contribution in [0.2, 0.25) is 0 Å². The van der Waals surface area contributed by atoms with Crippen molar-refractivity contribution in [1.82, 2.24) is 0 Å². The van der Waals surface area contributed by atoms with Crippen LogP contribution in [0.4, 0.5) is 13.2 Å². The number of hydrogen-bond donors (Lipinski definition) is 0. The number of carbonyl (C=O) groups is 1. The molecule has 3 aromatic carbocycles. The molecule has 1 atom stereocenters. The normalized spacial score (nSPS) is 16.5. The fourth-order valence-electron chi connectivity index (χ4n) is 7.52. The molecule has 2 aliphatic carbocycles. The maximum absolute atomic E-state index is 13.4. The van der Waals surface area contributed by atoms with Gasteiger partial charge in [-0.15, -0.1) is 0 Å². The molecule has 0 aliphatic heterocycles. The van der Waals surface area contributed by atoms with Gasteiger partial charge in [0.25, 0.3) is 5.92 Å². The van der Waals surface area contributed by atoms with Crippen molar-refractivity contribution in [2.45, 2.75) is 118 Å². The Morgan fingerprint density at radius 2 is 1.59 bits per heavy atom. The zero-order valence-electron chi connectivity index (χ0n) is 29.9. The van der Waals surface area contributed by atoms with Crippen molar-refractivity contribution in [3.63, 3.8) is 0 Å². The first kappa shape index (κ1) is 36.7. The number of alkyl halides is 2. The van der Waals surface area contributed by atoms with Crippen LogP contribution < -0.4 is 0 Å². The molecule has 1 heterocycles. The third-order valence-electron chi connectivity index (χ3n) is 10.5. The second-order valence-corrected chi connectivity index (χ2v) is 14.7. The molecule has 5 heteroatoms. The molecule has 0 saturated heterocycles. The summed E-state index contributed by atoms with van der Waals surface area (Å²) in [4.78, 5) is 12.2. The Morgan fingerprint density at radius 3 is 2.22 bits per heavy atom. The summed E-state index contributed by atoms with van der Waals surface area (Å²) >= 11 is 0. The molecule has 49 heavy (non-hydrogen) atoms. The Balaban J connectivity index is 0.000000259. The highest BCUT2D eigenvalue weighted by Gasteiger charge is 2.34. The average Bonchev–Trinajstić information content (AvgIpc) is 3.82. The molecule has 1 fully saturated rings. The highest BCUT2D eigenvalue weighted by Crippen LogP contribution is 2.49.